The van der Waals surface area contributed by atoms with Gasteiger partial charge in [0.15, 0.2) is 0 Å². The third-order valence-corrected chi connectivity index (χ3v) is 5.83. The lowest BCUT2D eigenvalue weighted by Gasteiger charge is -2.20. The highest BCUT2D eigenvalue weighted by Gasteiger charge is 2.19. The van der Waals surface area contributed by atoms with Crippen molar-refractivity contribution in [3.63, 3.8) is 0 Å². The quantitative estimate of drug-likeness (QED) is 0.181. The van der Waals surface area contributed by atoms with Crippen molar-refractivity contribution in [2.24, 2.45) is 0 Å². The molecule has 2 heterocycles. The molecule has 0 aliphatic carbocycles. The minimum Gasteiger partial charge on any atom is -0.480 e. The first-order chi connectivity index (χ1) is 18.9. The number of nitrogen functional groups attached to an aromatic ring is 1. The predicted molar refractivity (Wildman–Crippen MR) is 143 cm³/mol. The van der Waals surface area contributed by atoms with Gasteiger partial charge in [0.05, 0.1) is 49.0 Å². The molecule has 0 aliphatic rings. The molecule has 0 atom stereocenters. The minimum absolute atomic E-state index is 0.0367. The van der Waals surface area contributed by atoms with E-state index in [0.29, 0.717) is 39.6 Å². The molecule has 0 fully saturated rings. The lowest BCUT2D eigenvalue weighted by Crippen LogP contribution is -2.34. The summed E-state index contributed by atoms with van der Waals surface area (Å²) in [5, 5.41) is 36.9. The number of anilines is 1. The summed E-state index contributed by atoms with van der Waals surface area (Å²) in [6.45, 7) is -0.300. The van der Waals surface area contributed by atoms with Crippen LogP contribution in [0.4, 0.5) is 5.69 Å². The highest BCUT2D eigenvalue weighted by molar-refractivity contribution is 5.75. The Hall–Kier alpha value is -4.88. The van der Waals surface area contributed by atoms with Gasteiger partial charge in [-0.25, -0.2) is 9.97 Å². The van der Waals surface area contributed by atoms with E-state index in [9.17, 15) is 29.4 Å². The van der Waals surface area contributed by atoms with Gasteiger partial charge >= 0.3 is 23.9 Å². The molecule has 0 saturated heterocycles. The summed E-state index contributed by atoms with van der Waals surface area (Å²) in [7, 11) is 0. The maximum absolute atomic E-state index is 11.4. The molecule has 0 saturated carbocycles. The Morgan fingerprint density at radius 2 is 1.27 bits per heavy atom. The van der Waals surface area contributed by atoms with Crippen LogP contribution in [0.15, 0.2) is 48.5 Å². The summed E-state index contributed by atoms with van der Waals surface area (Å²) in [6, 6.07) is 13.9. The number of hydrogen-bond donors (Lipinski definition) is 5. The fourth-order valence-electron chi connectivity index (χ4n) is 4.09. The van der Waals surface area contributed by atoms with Crippen LogP contribution < -0.4 is 5.73 Å². The maximum atomic E-state index is 11.4. The van der Waals surface area contributed by atoms with E-state index in [4.69, 9.17) is 20.9 Å². The number of aromatic nitrogens is 2. The summed E-state index contributed by atoms with van der Waals surface area (Å²) < 4.78 is 0. The Kier molecular flexibility index (Phi) is 9.84. The summed E-state index contributed by atoms with van der Waals surface area (Å²) >= 11 is 0. The molecule has 40 heavy (non-hydrogen) atoms. The molecule has 13 heteroatoms. The van der Waals surface area contributed by atoms with Gasteiger partial charge in [0.25, 0.3) is 0 Å². The molecule has 0 unspecified atom stereocenters. The number of carbonyl (C=O) groups is 4. The van der Waals surface area contributed by atoms with Crippen molar-refractivity contribution >= 4 is 29.6 Å². The van der Waals surface area contributed by atoms with Crippen LogP contribution in [0.2, 0.25) is 0 Å². The average molecular weight is 552 g/mol. The van der Waals surface area contributed by atoms with Crippen LogP contribution in [-0.4, -0.2) is 90.3 Å². The zero-order valence-corrected chi connectivity index (χ0v) is 21.6. The van der Waals surface area contributed by atoms with Crippen molar-refractivity contribution in [2.75, 3.05) is 31.9 Å². The van der Waals surface area contributed by atoms with E-state index in [-0.39, 0.29) is 13.1 Å². The van der Waals surface area contributed by atoms with Crippen molar-refractivity contribution < 1.29 is 39.6 Å². The lowest BCUT2D eigenvalue weighted by atomic mass is 10.00. The molecule has 0 radical (unpaired) electrons. The topological polar surface area (TPSA) is 207 Å². The van der Waals surface area contributed by atoms with Crippen LogP contribution in [0, 0.1) is 6.92 Å². The van der Waals surface area contributed by atoms with E-state index in [2.05, 4.69) is 4.98 Å². The van der Waals surface area contributed by atoms with Gasteiger partial charge in [0.1, 0.15) is 0 Å². The summed E-state index contributed by atoms with van der Waals surface area (Å²) in [5.74, 6) is -4.74. The first-order valence-electron chi connectivity index (χ1n) is 12.1. The largest absolute Gasteiger partial charge is 0.480 e. The van der Waals surface area contributed by atoms with Gasteiger partial charge in [0.2, 0.25) is 0 Å². The van der Waals surface area contributed by atoms with Crippen molar-refractivity contribution in [3.8, 4) is 22.5 Å². The number of rotatable bonds is 14. The fourth-order valence-corrected chi connectivity index (χ4v) is 4.09. The van der Waals surface area contributed by atoms with E-state index < -0.39 is 50.1 Å². The van der Waals surface area contributed by atoms with Crippen molar-refractivity contribution in [3.05, 3.63) is 65.5 Å². The first-order valence-corrected chi connectivity index (χ1v) is 12.1. The number of nitrogens with two attached hydrogens (primary N) is 1. The summed E-state index contributed by atoms with van der Waals surface area (Å²) in [6.07, 6.45) is 0. The molecule has 210 valence electrons. The Bertz CT molecular complexity index is 1400. The number of hydrogen-bond acceptors (Lipinski definition) is 9. The number of carboxylic acid groups (broad SMARTS) is 4. The Labute approximate surface area is 229 Å². The number of aliphatic carboxylic acids is 4. The molecule has 0 bridgehead atoms. The van der Waals surface area contributed by atoms with Crippen molar-refractivity contribution in [2.45, 2.75) is 20.0 Å². The van der Waals surface area contributed by atoms with Crippen LogP contribution in [0.3, 0.4) is 0 Å². The standard InChI is InChI=1S/C27H29N5O8/c1-16-5-6-17(9-20(16)28)19-7-8-22(30-23(19)11-32(14-26(37)38)15-27(39)40)21-4-2-3-18(29-21)10-31(12-24(33)34)13-25(35)36/h2-9H,10-15,28H2,1H3,(H,33,34)(H,35,36)(H,37,38)(H,39,40). The van der Waals surface area contributed by atoms with Gasteiger partial charge in [-0.1, -0.05) is 24.3 Å². The molecule has 2 aromatic heterocycles. The molecular formula is C27H29N5O8. The van der Waals surface area contributed by atoms with Crippen LogP contribution in [-0.2, 0) is 32.3 Å². The zero-order chi connectivity index (χ0) is 29.4. The van der Waals surface area contributed by atoms with E-state index in [1.165, 1.54) is 9.80 Å². The minimum atomic E-state index is -1.19. The van der Waals surface area contributed by atoms with E-state index in [1.807, 2.05) is 19.1 Å². The van der Waals surface area contributed by atoms with Crippen LogP contribution in [0.1, 0.15) is 17.0 Å². The second-order valence-electron chi connectivity index (χ2n) is 9.14. The van der Waals surface area contributed by atoms with Crippen LogP contribution in [0.25, 0.3) is 22.5 Å². The van der Waals surface area contributed by atoms with Gasteiger partial charge < -0.3 is 26.2 Å². The Morgan fingerprint density at radius 1 is 0.725 bits per heavy atom. The molecule has 1 aromatic carbocycles. The Morgan fingerprint density at radius 3 is 1.82 bits per heavy atom. The fraction of sp³-hybridized carbons (Fsp3) is 0.259. The van der Waals surface area contributed by atoms with Gasteiger partial charge in [-0.15, -0.1) is 0 Å². The van der Waals surface area contributed by atoms with Crippen molar-refractivity contribution in [1.29, 1.82) is 0 Å². The van der Waals surface area contributed by atoms with Crippen molar-refractivity contribution in [1.82, 2.24) is 19.8 Å². The highest BCUT2D eigenvalue weighted by atomic mass is 16.4. The van der Waals surface area contributed by atoms with Gasteiger partial charge in [-0.05, 0) is 42.3 Å². The van der Waals surface area contributed by atoms with E-state index >= 15 is 0 Å². The zero-order valence-electron chi connectivity index (χ0n) is 21.6. The number of benzene rings is 1. The molecule has 13 nitrogen and oxygen atoms in total. The molecule has 0 aliphatic heterocycles. The molecule has 3 rings (SSSR count). The van der Waals surface area contributed by atoms with E-state index in [0.717, 1.165) is 5.56 Å². The second-order valence-corrected chi connectivity index (χ2v) is 9.14. The normalized spacial score (nSPS) is 11.1. The highest BCUT2D eigenvalue weighted by Crippen LogP contribution is 2.29. The molecule has 0 spiro atoms. The molecular weight excluding hydrogens is 522 g/mol. The predicted octanol–water partition coefficient (Wildman–Crippen LogP) is 1.64. The van der Waals surface area contributed by atoms with Gasteiger partial charge in [-0.2, -0.15) is 0 Å². The lowest BCUT2D eigenvalue weighted by molar-refractivity contribution is -0.144. The smallest absolute Gasteiger partial charge is 0.317 e. The molecule has 6 N–H and O–H groups in total. The maximum Gasteiger partial charge on any atom is 0.317 e. The van der Waals surface area contributed by atoms with Gasteiger partial charge in [-0.3, -0.25) is 29.0 Å². The number of nitrogens with zero attached hydrogens (tertiary/aromatic N) is 4. The summed E-state index contributed by atoms with van der Waals surface area (Å²) in [5.41, 5.74) is 10.5. The number of pyridine rings is 2. The van der Waals surface area contributed by atoms with Crippen LogP contribution in [0.5, 0.6) is 0 Å². The van der Waals surface area contributed by atoms with E-state index in [1.54, 1.807) is 36.4 Å². The second kappa shape index (κ2) is 13.3. The number of aryl methyl sites for hydroxylation is 1. The average Bonchev–Trinajstić information content (AvgIpc) is 2.84. The van der Waals surface area contributed by atoms with Gasteiger partial charge in [0, 0.05) is 24.3 Å². The third-order valence-electron chi connectivity index (χ3n) is 5.83. The molecule has 0 amide bonds. The monoisotopic (exact) mass is 551 g/mol. The SMILES string of the molecule is Cc1ccc(-c2ccc(-c3cccc(CN(CC(=O)O)CC(=O)O)n3)nc2CN(CC(=O)O)CC(=O)O)cc1N. The summed E-state index contributed by atoms with van der Waals surface area (Å²) in [4.78, 5) is 56.8. The third kappa shape index (κ3) is 8.58. The Balaban J connectivity index is 2.04. The first kappa shape index (κ1) is 29.7. The van der Waals surface area contributed by atoms with Crippen LogP contribution >= 0.6 is 0 Å². The molecule has 3 aromatic rings. The number of carboxylic acids is 4.